The van der Waals surface area contributed by atoms with Crippen LogP contribution < -0.4 is 0 Å². The molecule has 18 heavy (non-hydrogen) atoms. The minimum Gasteiger partial charge on any atom is -0.388 e. The Kier molecular flexibility index (Phi) is 3.11. The molecule has 0 spiro atoms. The van der Waals surface area contributed by atoms with Crippen LogP contribution in [0.3, 0.4) is 0 Å². The van der Waals surface area contributed by atoms with Crippen LogP contribution in [-0.2, 0) is 0 Å². The van der Waals surface area contributed by atoms with E-state index in [1.54, 1.807) is 6.92 Å². The standard InChI is InChI=1S/C13H15F2NO2/c1-8-3-4-9(14)10(11(8)15)12(17)16-6-5-13(2,18)7-16/h3-4,18H,5-7H2,1-2H3. The highest BCUT2D eigenvalue weighted by atomic mass is 19.1. The molecule has 0 bridgehead atoms. The van der Waals surface area contributed by atoms with Gasteiger partial charge in [-0.2, -0.15) is 0 Å². The second kappa shape index (κ2) is 4.31. The molecule has 1 saturated heterocycles. The van der Waals surface area contributed by atoms with E-state index in [-0.39, 0.29) is 12.1 Å². The normalized spacial score (nSPS) is 23.5. The van der Waals surface area contributed by atoms with Crippen molar-refractivity contribution in [3.63, 3.8) is 0 Å². The first-order valence-corrected chi connectivity index (χ1v) is 5.78. The fourth-order valence-electron chi connectivity index (χ4n) is 2.13. The molecule has 1 heterocycles. The van der Waals surface area contributed by atoms with Crippen LogP contribution in [-0.4, -0.2) is 34.6 Å². The molecule has 1 aliphatic heterocycles. The number of carbonyl (C=O) groups is 1. The number of rotatable bonds is 1. The zero-order chi connectivity index (χ0) is 13.5. The predicted molar refractivity (Wildman–Crippen MR) is 62.2 cm³/mol. The van der Waals surface area contributed by atoms with Gasteiger partial charge in [-0.1, -0.05) is 6.07 Å². The van der Waals surface area contributed by atoms with E-state index in [0.717, 1.165) is 6.07 Å². The Labute approximate surface area is 104 Å². The van der Waals surface area contributed by atoms with E-state index in [2.05, 4.69) is 0 Å². The second-order valence-electron chi connectivity index (χ2n) is 5.03. The number of hydrogen-bond donors (Lipinski definition) is 1. The number of aliphatic hydroxyl groups is 1. The van der Waals surface area contributed by atoms with E-state index in [4.69, 9.17) is 0 Å². The summed E-state index contributed by atoms with van der Waals surface area (Å²) in [5.41, 5.74) is -1.29. The maximum absolute atomic E-state index is 13.8. The molecule has 3 nitrogen and oxygen atoms in total. The van der Waals surface area contributed by atoms with Crippen LogP contribution in [0.2, 0.25) is 0 Å². The molecular weight excluding hydrogens is 240 g/mol. The average molecular weight is 255 g/mol. The molecular formula is C13H15F2NO2. The van der Waals surface area contributed by atoms with Gasteiger partial charge >= 0.3 is 0 Å². The van der Waals surface area contributed by atoms with Crippen LogP contribution in [0.1, 0.15) is 29.3 Å². The minimum atomic E-state index is -0.980. The van der Waals surface area contributed by atoms with Crippen LogP contribution in [0.15, 0.2) is 12.1 Å². The summed E-state index contributed by atoms with van der Waals surface area (Å²) in [6.45, 7) is 3.48. The molecule has 1 aromatic rings. The van der Waals surface area contributed by atoms with Gasteiger partial charge in [-0.3, -0.25) is 4.79 Å². The van der Waals surface area contributed by atoms with Gasteiger partial charge < -0.3 is 10.0 Å². The van der Waals surface area contributed by atoms with E-state index in [0.29, 0.717) is 13.0 Å². The number of β-amino-alcohol motifs (C(OH)–C–C–N with tert-alkyl or cyclic N) is 1. The molecule has 0 saturated carbocycles. The van der Waals surface area contributed by atoms with E-state index in [1.165, 1.54) is 17.9 Å². The molecule has 5 heteroatoms. The summed E-state index contributed by atoms with van der Waals surface area (Å²) < 4.78 is 27.4. The second-order valence-corrected chi connectivity index (χ2v) is 5.03. The Morgan fingerprint density at radius 2 is 2.11 bits per heavy atom. The van der Waals surface area contributed by atoms with Gasteiger partial charge in [0.2, 0.25) is 0 Å². The molecule has 1 amide bonds. The van der Waals surface area contributed by atoms with Crippen molar-refractivity contribution in [2.24, 2.45) is 0 Å². The van der Waals surface area contributed by atoms with Crippen molar-refractivity contribution in [1.29, 1.82) is 0 Å². The predicted octanol–water partition coefficient (Wildman–Crippen LogP) is 1.87. The van der Waals surface area contributed by atoms with Crippen LogP contribution in [0.5, 0.6) is 0 Å². The van der Waals surface area contributed by atoms with Gasteiger partial charge in [-0.25, -0.2) is 8.78 Å². The molecule has 1 unspecified atom stereocenters. The monoisotopic (exact) mass is 255 g/mol. The summed E-state index contributed by atoms with van der Waals surface area (Å²) in [7, 11) is 0. The SMILES string of the molecule is Cc1ccc(F)c(C(=O)N2CCC(C)(O)C2)c1F. The fourth-order valence-corrected chi connectivity index (χ4v) is 2.13. The first-order chi connectivity index (χ1) is 8.32. The number of aryl methyl sites for hydroxylation is 1. The molecule has 0 radical (unpaired) electrons. The Hall–Kier alpha value is -1.49. The Morgan fingerprint density at radius 1 is 1.44 bits per heavy atom. The topological polar surface area (TPSA) is 40.5 Å². The highest BCUT2D eigenvalue weighted by Crippen LogP contribution is 2.24. The van der Waals surface area contributed by atoms with Gasteiger partial charge in [-0.05, 0) is 31.9 Å². The Balaban J connectivity index is 2.33. The Morgan fingerprint density at radius 3 is 2.67 bits per heavy atom. The molecule has 0 aliphatic carbocycles. The maximum atomic E-state index is 13.8. The third-order valence-corrected chi connectivity index (χ3v) is 3.24. The van der Waals surface area contributed by atoms with Gasteiger partial charge in [0.1, 0.15) is 17.2 Å². The van der Waals surface area contributed by atoms with Crippen molar-refractivity contribution in [1.82, 2.24) is 4.90 Å². The first kappa shape index (κ1) is 13.0. The van der Waals surface area contributed by atoms with Gasteiger partial charge in [0.05, 0.1) is 5.60 Å². The quantitative estimate of drug-likeness (QED) is 0.832. The number of likely N-dealkylation sites (tertiary alicyclic amines) is 1. The van der Waals surface area contributed by atoms with Gasteiger partial charge in [0, 0.05) is 13.1 Å². The smallest absolute Gasteiger partial charge is 0.259 e. The number of benzene rings is 1. The van der Waals surface area contributed by atoms with Crippen molar-refractivity contribution in [2.45, 2.75) is 25.9 Å². The van der Waals surface area contributed by atoms with Gasteiger partial charge in [-0.15, -0.1) is 0 Å². The molecule has 98 valence electrons. The number of carbonyl (C=O) groups excluding carboxylic acids is 1. The summed E-state index contributed by atoms with van der Waals surface area (Å²) in [5.74, 6) is -2.40. The molecule has 2 rings (SSSR count). The van der Waals surface area contributed by atoms with E-state index in [1.807, 2.05) is 0 Å². The highest BCUT2D eigenvalue weighted by Gasteiger charge is 2.36. The lowest BCUT2D eigenvalue weighted by Gasteiger charge is -2.19. The molecule has 1 fully saturated rings. The van der Waals surface area contributed by atoms with E-state index < -0.39 is 28.7 Å². The molecule has 1 aliphatic rings. The van der Waals surface area contributed by atoms with Crippen molar-refractivity contribution in [3.05, 3.63) is 34.9 Å². The number of nitrogens with zero attached hydrogens (tertiary/aromatic N) is 1. The zero-order valence-corrected chi connectivity index (χ0v) is 10.3. The fraction of sp³-hybridized carbons (Fsp3) is 0.462. The van der Waals surface area contributed by atoms with Crippen molar-refractivity contribution < 1.29 is 18.7 Å². The summed E-state index contributed by atoms with van der Waals surface area (Å²) in [5, 5.41) is 9.77. The summed E-state index contributed by atoms with van der Waals surface area (Å²) in [6.07, 6.45) is 0.411. The Bertz CT molecular complexity index is 500. The van der Waals surface area contributed by atoms with Crippen LogP contribution >= 0.6 is 0 Å². The van der Waals surface area contributed by atoms with Gasteiger partial charge in [0.15, 0.2) is 0 Å². The summed E-state index contributed by atoms with van der Waals surface area (Å²) >= 11 is 0. The lowest BCUT2D eigenvalue weighted by Crippen LogP contribution is -2.34. The lowest BCUT2D eigenvalue weighted by molar-refractivity contribution is 0.0566. The lowest BCUT2D eigenvalue weighted by atomic mass is 10.1. The minimum absolute atomic E-state index is 0.0959. The zero-order valence-electron chi connectivity index (χ0n) is 10.3. The third-order valence-electron chi connectivity index (χ3n) is 3.24. The first-order valence-electron chi connectivity index (χ1n) is 5.78. The van der Waals surface area contributed by atoms with E-state index in [9.17, 15) is 18.7 Å². The molecule has 1 N–H and O–H groups in total. The molecule has 1 aromatic carbocycles. The highest BCUT2D eigenvalue weighted by molar-refractivity contribution is 5.95. The molecule has 1 atom stereocenters. The number of halogens is 2. The van der Waals surface area contributed by atoms with Crippen molar-refractivity contribution >= 4 is 5.91 Å². The number of hydrogen-bond acceptors (Lipinski definition) is 2. The van der Waals surface area contributed by atoms with Crippen molar-refractivity contribution in [3.8, 4) is 0 Å². The average Bonchev–Trinajstić information content (AvgIpc) is 2.65. The van der Waals surface area contributed by atoms with Crippen molar-refractivity contribution in [2.75, 3.05) is 13.1 Å². The number of amides is 1. The largest absolute Gasteiger partial charge is 0.388 e. The maximum Gasteiger partial charge on any atom is 0.259 e. The molecule has 0 aromatic heterocycles. The van der Waals surface area contributed by atoms with Crippen LogP contribution in [0.4, 0.5) is 8.78 Å². The summed E-state index contributed by atoms with van der Waals surface area (Å²) in [4.78, 5) is 13.3. The van der Waals surface area contributed by atoms with E-state index >= 15 is 0 Å². The summed E-state index contributed by atoms with van der Waals surface area (Å²) in [6, 6.07) is 2.38. The third kappa shape index (κ3) is 2.22. The van der Waals surface area contributed by atoms with Crippen LogP contribution in [0.25, 0.3) is 0 Å². The van der Waals surface area contributed by atoms with Gasteiger partial charge in [0.25, 0.3) is 5.91 Å². The van der Waals surface area contributed by atoms with Crippen LogP contribution in [0, 0.1) is 18.6 Å².